The molecule has 7 heteroatoms. The van der Waals surface area contributed by atoms with Crippen molar-refractivity contribution in [1.82, 2.24) is 9.55 Å². The number of anilines is 2. The lowest BCUT2D eigenvalue weighted by atomic mass is 9.84. The van der Waals surface area contributed by atoms with E-state index in [-0.39, 0.29) is 29.4 Å². The number of H-pyrrole nitrogens is 1. The van der Waals surface area contributed by atoms with Crippen LogP contribution in [0.5, 0.6) is 0 Å². The van der Waals surface area contributed by atoms with Crippen molar-refractivity contribution in [2.75, 3.05) is 10.6 Å². The monoisotopic (exact) mass is 348 g/mol. The van der Waals surface area contributed by atoms with E-state index < -0.39 is 11.2 Å². The molecule has 1 aromatic heterocycles. The van der Waals surface area contributed by atoms with Crippen molar-refractivity contribution in [1.29, 1.82) is 0 Å². The van der Waals surface area contributed by atoms with Crippen molar-refractivity contribution in [2.45, 2.75) is 77.3 Å². The molecule has 2 fully saturated rings. The first-order valence-electron chi connectivity index (χ1n) is 9.50. The lowest BCUT2D eigenvalue weighted by Gasteiger charge is -2.35. The average Bonchev–Trinajstić information content (AvgIpc) is 3.03. The first-order chi connectivity index (χ1) is 12.0. The van der Waals surface area contributed by atoms with E-state index in [1.807, 2.05) is 6.92 Å². The van der Waals surface area contributed by atoms with Gasteiger partial charge in [-0.3, -0.25) is 19.1 Å². The van der Waals surface area contributed by atoms with E-state index in [2.05, 4.69) is 4.98 Å². The number of hydrogen-bond acceptors (Lipinski definition) is 4. The average molecular weight is 348 g/mol. The van der Waals surface area contributed by atoms with Crippen LogP contribution in [0.2, 0.25) is 0 Å². The van der Waals surface area contributed by atoms with Gasteiger partial charge in [0.05, 0.1) is 0 Å². The molecule has 1 aromatic rings. The van der Waals surface area contributed by atoms with Crippen LogP contribution in [0, 0.1) is 5.92 Å². The second-order valence-corrected chi connectivity index (χ2v) is 7.27. The van der Waals surface area contributed by atoms with E-state index >= 15 is 0 Å². The number of hydrogen-bond donors (Lipinski definition) is 2. The van der Waals surface area contributed by atoms with Gasteiger partial charge in [0.1, 0.15) is 5.82 Å². The van der Waals surface area contributed by atoms with Crippen molar-refractivity contribution >= 4 is 17.4 Å². The standard InChI is InChI=1S/C18H28N4O3/c1-2-3-11-21-15(19)14(16(23)20-18(21)25)22(13-9-4-5-10-13)17(24)12-7-6-8-12/h12-13H,2-11,19H2,1H3,(H,20,23,25). The molecule has 2 aliphatic rings. The number of carbonyl (C=O) groups excluding carboxylic acids is 1. The van der Waals surface area contributed by atoms with Crippen molar-refractivity contribution in [2.24, 2.45) is 5.92 Å². The minimum Gasteiger partial charge on any atom is -0.383 e. The van der Waals surface area contributed by atoms with Crippen LogP contribution in [-0.2, 0) is 11.3 Å². The molecule has 3 N–H and O–H groups in total. The number of nitrogens with one attached hydrogen (secondary N) is 1. The third-order valence-electron chi connectivity index (χ3n) is 5.57. The molecule has 0 aliphatic heterocycles. The zero-order valence-corrected chi connectivity index (χ0v) is 14.9. The van der Waals surface area contributed by atoms with Gasteiger partial charge in [-0.2, -0.15) is 0 Å². The van der Waals surface area contributed by atoms with Gasteiger partial charge in [0.25, 0.3) is 5.56 Å². The Kier molecular flexibility index (Phi) is 5.30. The van der Waals surface area contributed by atoms with E-state index in [0.29, 0.717) is 6.54 Å². The van der Waals surface area contributed by atoms with Crippen LogP contribution in [0.3, 0.4) is 0 Å². The number of nitrogens with two attached hydrogens (primary N) is 1. The molecule has 0 unspecified atom stereocenters. The Hall–Kier alpha value is -2.05. The Morgan fingerprint density at radius 2 is 1.88 bits per heavy atom. The highest BCUT2D eigenvalue weighted by atomic mass is 16.2. The number of unbranched alkanes of at least 4 members (excludes halogenated alkanes) is 1. The van der Waals surface area contributed by atoms with Crippen LogP contribution in [0.25, 0.3) is 0 Å². The van der Waals surface area contributed by atoms with E-state index in [4.69, 9.17) is 5.73 Å². The predicted molar refractivity (Wildman–Crippen MR) is 97.7 cm³/mol. The molecule has 2 aliphatic carbocycles. The molecule has 2 saturated carbocycles. The molecule has 138 valence electrons. The molecule has 0 radical (unpaired) electrons. The van der Waals surface area contributed by atoms with Crippen LogP contribution in [-0.4, -0.2) is 21.5 Å². The highest BCUT2D eigenvalue weighted by molar-refractivity contribution is 5.98. The number of aromatic nitrogens is 2. The van der Waals surface area contributed by atoms with Gasteiger partial charge < -0.3 is 10.6 Å². The number of nitrogens with zero attached hydrogens (tertiary/aromatic N) is 2. The Labute approximate surface area is 147 Å². The molecule has 0 saturated heterocycles. The van der Waals surface area contributed by atoms with Crippen molar-refractivity contribution < 1.29 is 4.79 Å². The van der Waals surface area contributed by atoms with E-state index in [1.165, 1.54) is 4.57 Å². The highest BCUT2D eigenvalue weighted by Crippen LogP contribution is 2.35. The Morgan fingerprint density at radius 1 is 1.20 bits per heavy atom. The topological polar surface area (TPSA) is 101 Å². The fraction of sp³-hybridized carbons (Fsp3) is 0.722. The minimum atomic E-state index is -0.546. The SMILES string of the molecule is CCCCn1c(N)c(N(C(=O)C2CCC2)C2CCCC2)c(=O)[nH]c1=O. The fourth-order valence-electron chi connectivity index (χ4n) is 3.84. The number of amides is 1. The van der Waals surface area contributed by atoms with Crippen molar-refractivity contribution in [3.05, 3.63) is 20.8 Å². The van der Waals surface area contributed by atoms with Gasteiger partial charge in [-0.1, -0.05) is 32.6 Å². The Morgan fingerprint density at radius 3 is 2.44 bits per heavy atom. The largest absolute Gasteiger partial charge is 0.383 e. The summed E-state index contributed by atoms with van der Waals surface area (Å²) >= 11 is 0. The van der Waals surface area contributed by atoms with Crippen molar-refractivity contribution in [3.63, 3.8) is 0 Å². The maximum absolute atomic E-state index is 13.1. The molecule has 3 rings (SSSR count). The number of aromatic amines is 1. The van der Waals surface area contributed by atoms with Gasteiger partial charge in [0.2, 0.25) is 5.91 Å². The Bertz CT molecular complexity index is 742. The second-order valence-electron chi connectivity index (χ2n) is 7.27. The van der Waals surface area contributed by atoms with Crippen molar-refractivity contribution in [3.8, 4) is 0 Å². The first-order valence-corrected chi connectivity index (χ1v) is 9.50. The van der Waals surface area contributed by atoms with Crippen LogP contribution >= 0.6 is 0 Å². The summed E-state index contributed by atoms with van der Waals surface area (Å²) in [5.41, 5.74) is 5.38. The van der Waals surface area contributed by atoms with Crippen LogP contribution in [0.4, 0.5) is 11.5 Å². The molecule has 0 atom stereocenters. The number of rotatable bonds is 6. The molecule has 1 heterocycles. The smallest absolute Gasteiger partial charge is 0.330 e. The van der Waals surface area contributed by atoms with E-state index in [1.54, 1.807) is 4.90 Å². The highest BCUT2D eigenvalue weighted by Gasteiger charge is 2.37. The van der Waals surface area contributed by atoms with Gasteiger partial charge >= 0.3 is 5.69 Å². The maximum Gasteiger partial charge on any atom is 0.330 e. The number of nitrogen functional groups attached to an aromatic ring is 1. The summed E-state index contributed by atoms with van der Waals surface area (Å²) in [6, 6.07) is 0.00799. The number of carbonyl (C=O) groups is 1. The van der Waals surface area contributed by atoms with Gasteiger partial charge in [0.15, 0.2) is 5.69 Å². The quantitative estimate of drug-likeness (QED) is 0.821. The summed E-state index contributed by atoms with van der Waals surface area (Å²) in [5.74, 6) is 0.105. The lowest BCUT2D eigenvalue weighted by molar-refractivity contribution is -0.125. The first kappa shape index (κ1) is 17.8. The molecule has 0 bridgehead atoms. The molecular formula is C18H28N4O3. The van der Waals surface area contributed by atoms with E-state index in [9.17, 15) is 14.4 Å². The minimum absolute atomic E-state index is 0.00367. The van der Waals surface area contributed by atoms with Crippen LogP contribution in [0.1, 0.15) is 64.7 Å². The van der Waals surface area contributed by atoms with Crippen LogP contribution in [0.15, 0.2) is 9.59 Å². The van der Waals surface area contributed by atoms with Gasteiger partial charge in [-0.15, -0.1) is 0 Å². The molecular weight excluding hydrogens is 320 g/mol. The molecule has 7 nitrogen and oxygen atoms in total. The van der Waals surface area contributed by atoms with Gasteiger partial charge in [-0.05, 0) is 32.1 Å². The van der Waals surface area contributed by atoms with Crippen LogP contribution < -0.4 is 21.9 Å². The summed E-state index contributed by atoms with van der Waals surface area (Å²) < 4.78 is 1.40. The summed E-state index contributed by atoms with van der Waals surface area (Å²) in [6.07, 6.45) is 8.35. The summed E-state index contributed by atoms with van der Waals surface area (Å²) in [6.45, 7) is 2.47. The van der Waals surface area contributed by atoms with Gasteiger partial charge in [0, 0.05) is 18.5 Å². The third kappa shape index (κ3) is 3.37. The zero-order chi connectivity index (χ0) is 18.0. The summed E-state index contributed by atoms with van der Waals surface area (Å²) in [5, 5.41) is 0. The molecule has 0 aromatic carbocycles. The Balaban J connectivity index is 2.06. The maximum atomic E-state index is 13.1. The molecule has 25 heavy (non-hydrogen) atoms. The molecule has 1 amide bonds. The zero-order valence-electron chi connectivity index (χ0n) is 14.9. The van der Waals surface area contributed by atoms with E-state index in [0.717, 1.165) is 57.8 Å². The normalized spacial score (nSPS) is 18.3. The lowest BCUT2D eigenvalue weighted by Crippen LogP contribution is -2.49. The van der Waals surface area contributed by atoms with Gasteiger partial charge in [-0.25, -0.2) is 4.79 Å². The molecule has 0 spiro atoms. The predicted octanol–water partition coefficient (Wildman–Crippen LogP) is 1.99. The second kappa shape index (κ2) is 7.45. The third-order valence-corrected chi connectivity index (χ3v) is 5.57. The summed E-state index contributed by atoms with van der Waals surface area (Å²) in [4.78, 5) is 41.8. The fourth-order valence-corrected chi connectivity index (χ4v) is 3.84. The summed E-state index contributed by atoms with van der Waals surface area (Å²) in [7, 11) is 0.